The van der Waals surface area contributed by atoms with Crippen molar-refractivity contribution in [2.45, 2.75) is 24.1 Å². The Balaban J connectivity index is 1.70. The molecule has 0 spiro atoms. The smallest absolute Gasteiger partial charge is 0.337 e. The van der Waals surface area contributed by atoms with Crippen molar-refractivity contribution in [1.29, 1.82) is 0 Å². The molecule has 2 aromatic carbocycles. The molecule has 0 saturated carbocycles. The summed E-state index contributed by atoms with van der Waals surface area (Å²) in [5, 5.41) is 10.3. The van der Waals surface area contributed by atoms with Gasteiger partial charge in [-0.25, -0.2) is 9.78 Å². The lowest BCUT2D eigenvalue weighted by atomic mass is 10.1. The third-order valence-electron chi connectivity index (χ3n) is 4.21. The summed E-state index contributed by atoms with van der Waals surface area (Å²) in [5.41, 5.74) is 3.35. The minimum absolute atomic E-state index is 0.100. The van der Waals surface area contributed by atoms with Crippen molar-refractivity contribution in [3.8, 4) is 5.75 Å². The van der Waals surface area contributed by atoms with Gasteiger partial charge in [-0.2, -0.15) is 0 Å². The van der Waals surface area contributed by atoms with Gasteiger partial charge in [0, 0.05) is 18.5 Å². The largest absolute Gasteiger partial charge is 0.497 e. The summed E-state index contributed by atoms with van der Waals surface area (Å²) in [4.78, 5) is 16.0. The molecule has 1 heterocycles. The van der Waals surface area contributed by atoms with Gasteiger partial charge in [0.1, 0.15) is 5.75 Å². The zero-order chi connectivity index (χ0) is 19.9. The second-order valence-corrected chi connectivity index (χ2v) is 7.07. The number of hydrogen-bond acceptors (Lipinski definition) is 6. The van der Waals surface area contributed by atoms with Crippen molar-refractivity contribution in [3.05, 3.63) is 77.1 Å². The van der Waals surface area contributed by atoms with Gasteiger partial charge in [0.05, 0.1) is 32.1 Å². The number of aromatic nitrogens is 2. The first kappa shape index (κ1) is 20.0. The number of imidazole rings is 1. The summed E-state index contributed by atoms with van der Waals surface area (Å²) in [6, 6.07) is 15.2. The highest BCUT2D eigenvalue weighted by atomic mass is 32.2. The number of ether oxygens (including phenoxy) is 2. The molecule has 0 aliphatic heterocycles. The molecule has 3 aromatic rings. The van der Waals surface area contributed by atoms with E-state index in [4.69, 9.17) is 9.47 Å². The van der Waals surface area contributed by atoms with E-state index in [0.717, 1.165) is 22.0 Å². The molecule has 0 saturated heterocycles. The van der Waals surface area contributed by atoms with Crippen LogP contribution in [0.4, 0.5) is 0 Å². The minimum atomic E-state index is -0.346. The number of esters is 1. The van der Waals surface area contributed by atoms with Crippen LogP contribution in [0.5, 0.6) is 5.75 Å². The van der Waals surface area contributed by atoms with Crippen molar-refractivity contribution in [2.24, 2.45) is 0 Å². The second kappa shape index (κ2) is 9.43. The van der Waals surface area contributed by atoms with Crippen molar-refractivity contribution >= 4 is 17.7 Å². The lowest BCUT2D eigenvalue weighted by molar-refractivity contribution is 0.0600. The molecule has 1 aromatic heterocycles. The number of carbonyl (C=O) groups excluding carboxylic acids is 1. The Kier molecular flexibility index (Phi) is 6.73. The maximum atomic E-state index is 11.5. The van der Waals surface area contributed by atoms with Gasteiger partial charge in [-0.15, -0.1) is 0 Å². The first-order valence-corrected chi connectivity index (χ1v) is 9.71. The predicted octanol–water partition coefficient (Wildman–Crippen LogP) is 3.51. The molecular weight excluding hydrogens is 376 g/mol. The van der Waals surface area contributed by atoms with E-state index >= 15 is 0 Å². The fraction of sp³-hybridized carbons (Fsp3) is 0.238. The number of hydrogen-bond donors (Lipinski definition) is 1. The van der Waals surface area contributed by atoms with Crippen LogP contribution in [0.1, 0.15) is 27.2 Å². The van der Waals surface area contributed by atoms with E-state index in [0.29, 0.717) is 23.6 Å². The first-order chi connectivity index (χ1) is 13.6. The second-order valence-electron chi connectivity index (χ2n) is 6.13. The maximum Gasteiger partial charge on any atom is 0.337 e. The Bertz CT molecular complexity index is 921. The molecule has 0 radical (unpaired) electrons. The summed E-state index contributed by atoms with van der Waals surface area (Å²) < 4.78 is 11.9. The SMILES string of the molecule is COC(=O)c1ccc(CSc2nc(CO)cn2Cc2ccc(OC)cc2)cc1. The number of aliphatic hydroxyl groups is 1. The van der Waals surface area contributed by atoms with Crippen LogP contribution in [-0.4, -0.2) is 34.8 Å². The van der Waals surface area contributed by atoms with Crippen LogP contribution < -0.4 is 4.74 Å². The van der Waals surface area contributed by atoms with Gasteiger partial charge in [-0.1, -0.05) is 36.0 Å². The van der Waals surface area contributed by atoms with E-state index in [1.807, 2.05) is 47.2 Å². The average Bonchev–Trinajstić information content (AvgIpc) is 3.14. The van der Waals surface area contributed by atoms with E-state index in [9.17, 15) is 9.90 Å². The Morgan fingerprint density at radius 2 is 1.75 bits per heavy atom. The predicted molar refractivity (Wildman–Crippen MR) is 108 cm³/mol. The molecular formula is C21H22N2O4S. The molecule has 0 atom stereocenters. The Morgan fingerprint density at radius 1 is 1.07 bits per heavy atom. The lowest BCUT2D eigenvalue weighted by Gasteiger charge is -2.09. The van der Waals surface area contributed by atoms with Gasteiger partial charge in [-0.05, 0) is 35.4 Å². The molecule has 146 valence electrons. The van der Waals surface area contributed by atoms with Crippen molar-refractivity contribution < 1.29 is 19.4 Å². The highest BCUT2D eigenvalue weighted by molar-refractivity contribution is 7.98. The molecule has 1 N–H and O–H groups in total. The molecule has 7 heteroatoms. The fourth-order valence-electron chi connectivity index (χ4n) is 2.69. The van der Waals surface area contributed by atoms with Crippen LogP contribution in [0, 0.1) is 0 Å². The van der Waals surface area contributed by atoms with E-state index < -0.39 is 0 Å². The Morgan fingerprint density at radius 3 is 2.36 bits per heavy atom. The molecule has 0 aliphatic rings. The van der Waals surface area contributed by atoms with Crippen molar-refractivity contribution in [1.82, 2.24) is 9.55 Å². The van der Waals surface area contributed by atoms with E-state index in [-0.39, 0.29) is 12.6 Å². The van der Waals surface area contributed by atoms with Gasteiger partial charge in [0.2, 0.25) is 0 Å². The number of carbonyl (C=O) groups is 1. The molecule has 0 unspecified atom stereocenters. The minimum Gasteiger partial charge on any atom is -0.497 e. The number of benzene rings is 2. The van der Waals surface area contributed by atoms with Crippen LogP contribution in [-0.2, 0) is 23.6 Å². The summed E-state index contributed by atoms with van der Waals surface area (Å²) in [6.07, 6.45) is 1.87. The van der Waals surface area contributed by atoms with E-state index in [1.165, 1.54) is 7.11 Å². The maximum absolute atomic E-state index is 11.5. The van der Waals surface area contributed by atoms with Gasteiger partial charge in [0.15, 0.2) is 5.16 Å². The van der Waals surface area contributed by atoms with Crippen LogP contribution in [0.3, 0.4) is 0 Å². The zero-order valence-electron chi connectivity index (χ0n) is 15.8. The number of aliphatic hydroxyl groups excluding tert-OH is 1. The Hall–Kier alpha value is -2.77. The fourth-order valence-corrected chi connectivity index (χ4v) is 3.64. The summed E-state index contributed by atoms with van der Waals surface area (Å²) in [6.45, 7) is 0.553. The van der Waals surface area contributed by atoms with Crippen LogP contribution >= 0.6 is 11.8 Å². The van der Waals surface area contributed by atoms with Gasteiger partial charge >= 0.3 is 5.97 Å². The van der Waals surface area contributed by atoms with E-state index in [1.54, 1.807) is 31.0 Å². The van der Waals surface area contributed by atoms with Crippen LogP contribution in [0.25, 0.3) is 0 Å². The van der Waals surface area contributed by atoms with Crippen molar-refractivity contribution in [2.75, 3.05) is 14.2 Å². The average molecular weight is 398 g/mol. The molecule has 0 aliphatic carbocycles. The monoisotopic (exact) mass is 398 g/mol. The van der Waals surface area contributed by atoms with Crippen LogP contribution in [0.15, 0.2) is 59.9 Å². The first-order valence-electron chi connectivity index (χ1n) is 8.73. The quantitative estimate of drug-likeness (QED) is 0.462. The van der Waals surface area contributed by atoms with E-state index in [2.05, 4.69) is 4.98 Å². The summed E-state index contributed by atoms with van der Waals surface area (Å²) in [5.74, 6) is 1.17. The molecule has 0 fully saturated rings. The summed E-state index contributed by atoms with van der Waals surface area (Å²) in [7, 11) is 3.01. The third kappa shape index (κ3) is 4.94. The Labute approximate surface area is 168 Å². The molecule has 0 amide bonds. The highest BCUT2D eigenvalue weighted by Gasteiger charge is 2.10. The number of nitrogens with zero attached hydrogens (tertiary/aromatic N) is 2. The normalized spacial score (nSPS) is 10.7. The third-order valence-corrected chi connectivity index (χ3v) is 5.27. The number of methoxy groups -OCH3 is 2. The topological polar surface area (TPSA) is 73.6 Å². The van der Waals surface area contributed by atoms with Gasteiger partial charge in [-0.3, -0.25) is 0 Å². The molecule has 6 nitrogen and oxygen atoms in total. The highest BCUT2D eigenvalue weighted by Crippen LogP contribution is 2.24. The van der Waals surface area contributed by atoms with Crippen LogP contribution in [0.2, 0.25) is 0 Å². The standard InChI is InChI=1S/C21H22N2O4S/c1-26-19-9-5-15(6-10-19)11-23-12-18(13-24)22-21(23)28-14-16-3-7-17(8-4-16)20(25)27-2/h3-10,12,24H,11,13-14H2,1-2H3. The summed E-state index contributed by atoms with van der Waals surface area (Å²) >= 11 is 1.58. The van der Waals surface area contributed by atoms with Gasteiger partial charge in [0.25, 0.3) is 0 Å². The zero-order valence-corrected chi connectivity index (χ0v) is 16.6. The molecule has 0 bridgehead atoms. The van der Waals surface area contributed by atoms with Crippen molar-refractivity contribution in [3.63, 3.8) is 0 Å². The lowest BCUT2D eigenvalue weighted by Crippen LogP contribution is -2.01. The van der Waals surface area contributed by atoms with Gasteiger partial charge < -0.3 is 19.1 Å². The molecule has 3 rings (SSSR count). The number of thioether (sulfide) groups is 1. The number of rotatable bonds is 8. The molecule has 28 heavy (non-hydrogen) atoms.